The normalized spacial score (nSPS) is 11.6. The number of aryl methyl sites for hydroxylation is 1. The third-order valence-corrected chi connectivity index (χ3v) is 6.03. The third-order valence-electron chi connectivity index (χ3n) is 4.64. The molecule has 2 aromatic carbocycles. The Kier molecular flexibility index (Phi) is 5.68. The molecule has 0 saturated carbocycles. The van der Waals surface area contributed by atoms with Gasteiger partial charge in [0.2, 0.25) is 10.0 Å². The highest BCUT2D eigenvalue weighted by Gasteiger charge is 2.23. The Labute approximate surface area is 181 Å². The largest absolute Gasteiger partial charge is 0.366 e. The molecule has 8 nitrogen and oxygen atoms in total. The van der Waals surface area contributed by atoms with Gasteiger partial charge in [0.25, 0.3) is 0 Å². The van der Waals surface area contributed by atoms with Crippen LogP contribution in [-0.2, 0) is 10.0 Å². The number of hydrogen-bond acceptors (Lipinski definition) is 6. The molecule has 1 N–H and O–H groups in total. The number of rotatable bonds is 6. The van der Waals surface area contributed by atoms with Gasteiger partial charge in [-0.1, -0.05) is 30.3 Å². The SMILES string of the molecule is Cc1nc(-c2cccc(F)c2)ncc1C(=O)On1cc(S(=O)(=O)NCF)c2ccccc21. The highest BCUT2D eigenvalue weighted by molar-refractivity contribution is 7.89. The summed E-state index contributed by atoms with van der Waals surface area (Å²) in [5, 5.41) is 0.246. The van der Waals surface area contributed by atoms with Crippen molar-refractivity contribution in [3.05, 3.63) is 78.0 Å². The maximum absolute atomic E-state index is 13.5. The number of carbonyl (C=O) groups excluding carboxylic acids is 1. The summed E-state index contributed by atoms with van der Waals surface area (Å²) >= 11 is 0. The third kappa shape index (κ3) is 4.07. The fourth-order valence-electron chi connectivity index (χ4n) is 3.13. The molecule has 0 amide bonds. The second-order valence-electron chi connectivity index (χ2n) is 6.70. The molecule has 4 aromatic rings. The van der Waals surface area contributed by atoms with E-state index in [-0.39, 0.29) is 32.9 Å². The number of nitrogens with zero attached hydrogens (tertiary/aromatic N) is 3. The van der Waals surface area contributed by atoms with E-state index in [1.165, 1.54) is 30.5 Å². The Bertz CT molecular complexity index is 1440. The molecule has 4 rings (SSSR count). The molecule has 0 unspecified atom stereocenters. The van der Waals surface area contributed by atoms with Gasteiger partial charge in [-0.3, -0.25) is 0 Å². The Morgan fingerprint density at radius 1 is 1.19 bits per heavy atom. The first kappa shape index (κ1) is 21.5. The molecule has 11 heteroatoms. The second kappa shape index (κ2) is 8.44. The van der Waals surface area contributed by atoms with Crippen molar-refractivity contribution in [3.8, 4) is 11.4 Å². The molecule has 0 spiro atoms. The van der Waals surface area contributed by atoms with Gasteiger partial charge in [-0.15, -0.1) is 0 Å². The zero-order valence-electron chi connectivity index (χ0n) is 16.6. The average Bonchev–Trinajstić information content (AvgIpc) is 3.13. The number of hydrogen-bond donors (Lipinski definition) is 1. The summed E-state index contributed by atoms with van der Waals surface area (Å²) < 4.78 is 53.5. The van der Waals surface area contributed by atoms with Crippen LogP contribution in [0.3, 0.4) is 0 Å². The number of para-hydroxylation sites is 1. The maximum atomic E-state index is 13.5. The van der Waals surface area contributed by atoms with Crippen LogP contribution < -0.4 is 9.56 Å². The van der Waals surface area contributed by atoms with Crippen LogP contribution in [0.2, 0.25) is 0 Å². The Balaban J connectivity index is 1.68. The number of nitrogens with one attached hydrogen (secondary N) is 1. The van der Waals surface area contributed by atoms with Crippen molar-refractivity contribution in [2.75, 3.05) is 6.80 Å². The zero-order chi connectivity index (χ0) is 22.9. The van der Waals surface area contributed by atoms with Gasteiger partial charge in [-0.25, -0.2) is 32.0 Å². The summed E-state index contributed by atoms with van der Waals surface area (Å²) in [6, 6.07) is 12.0. The summed E-state index contributed by atoms with van der Waals surface area (Å²) in [5.41, 5.74) is 1.05. The van der Waals surface area contributed by atoms with Gasteiger partial charge in [-0.2, -0.15) is 9.45 Å². The van der Waals surface area contributed by atoms with E-state index in [1.807, 2.05) is 0 Å². The van der Waals surface area contributed by atoms with Crippen LogP contribution in [0.1, 0.15) is 16.1 Å². The predicted octanol–water partition coefficient (Wildman–Crippen LogP) is 3.02. The molecule has 0 aliphatic heterocycles. The minimum atomic E-state index is -4.16. The molecule has 0 bridgehead atoms. The van der Waals surface area contributed by atoms with Crippen molar-refractivity contribution in [3.63, 3.8) is 0 Å². The summed E-state index contributed by atoms with van der Waals surface area (Å²) in [6.45, 7) is 0.283. The van der Waals surface area contributed by atoms with Crippen molar-refractivity contribution in [1.29, 1.82) is 0 Å². The van der Waals surface area contributed by atoms with E-state index in [9.17, 15) is 22.0 Å². The van der Waals surface area contributed by atoms with Crippen LogP contribution in [0, 0.1) is 12.7 Å². The smallest absolute Gasteiger partial charge is 0.331 e. The average molecular weight is 458 g/mol. The van der Waals surface area contributed by atoms with Gasteiger partial charge < -0.3 is 4.84 Å². The van der Waals surface area contributed by atoms with Gasteiger partial charge in [0.15, 0.2) is 12.6 Å². The lowest BCUT2D eigenvalue weighted by Gasteiger charge is -2.09. The molecule has 0 radical (unpaired) electrons. The van der Waals surface area contributed by atoms with Crippen LogP contribution in [0.15, 0.2) is 65.8 Å². The molecule has 2 aromatic heterocycles. The lowest BCUT2D eigenvalue weighted by Crippen LogP contribution is -2.23. The molecule has 164 valence electrons. The molecule has 32 heavy (non-hydrogen) atoms. The molecular weight excluding hydrogens is 442 g/mol. The van der Waals surface area contributed by atoms with E-state index >= 15 is 0 Å². The van der Waals surface area contributed by atoms with Gasteiger partial charge in [0, 0.05) is 17.1 Å². The fourth-order valence-corrected chi connectivity index (χ4v) is 4.13. The van der Waals surface area contributed by atoms with Crippen molar-refractivity contribution < 1.29 is 26.8 Å². The summed E-state index contributed by atoms with van der Waals surface area (Å²) in [4.78, 5) is 26.2. The predicted molar refractivity (Wildman–Crippen MR) is 111 cm³/mol. The quantitative estimate of drug-likeness (QED) is 0.446. The first-order valence-electron chi connectivity index (χ1n) is 9.28. The topological polar surface area (TPSA) is 103 Å². The van der Waals surface area contributed by atoms with Crippen molar-refractivity contribution in [2.24, 2.45) is 0 Å². The lowest BCUT2D eigenvalue weighted by atomic mass is 10.2. The van der Waals surface area contributed by atoms with Gasteiger partial charge in [0.1, 0.15) is 16.3 Å². The van der Waals surface area contributed by atoms with E-state index in [4.69, 9.17) is 4.84 Å². The number of alkyl halides is 1. The minimum Gasteiger partial charge on any atom is -0.331 e. The van der Waals surface area contributed by atoms with Crippen molar-refractivity contribution >= 4 is 26.9 Å². The first-order valence-corrected chi connectivity index (χ1v) is 10.8. The van der Waals surface area contributed by atoms with Crippen LogP contribution >= 0.6 is 0 Å². The monoisotopic (exact) mass is 458 g/mol. The fraction of sp³-hybridized carbons (Fsp3) is 0.0952. The standard InChI is InChI=1S/C21H16F2N4O4S/c1-13-17(10-24-20(26-13)14-5-4-6-15(23)9-14)21(28)31-27-11-19(32(29,30)25-12-22)16-7-2-3-8-18(16)27/h2-11,25H,12H2,1H3. The van der Waals surface area contributed by atoms with Gasteiger partial charge in [-0.05, 0) is 25.1 Å². The minimum absolute atomic E-state index is 0.0363. The lowest BCUT2D eigenvalue weighted by molar-refractivity contribution is 0.0479. The van der Waals surface area contributed by atoms with Gasteiger partial charge in [0.05, 0.1) is 17.4 Å². The van der Waals surface area contributed by atoms with Crippen LogP contribution in [0.4, 0.5) is 8.78 Å². The molecule has 0 saturated heterocycles. The van der Waals surface area contributed by atoms with Gasteiger partial charge >= 0.3 is 5.97 Å². The number of carbonyl (C=O) groups is 1. The Hall–Kier alpha value is -3.70. The number of benzene rings is 2. The Morgan fingerprint density at radius 2 is 1.97 bits per heavy atom. The van der Waals surface area contributed by atoms with E-state index in [0.29, 0.717) is 5.56 Å². The molecule has 0 aliphatic carbocycles. The summed E-state index contributed by atoms with van der Waals surface area (Å²) in [6.07, 6.45) is 2.33. The number of halogens is 2. The first-order chi connectivity index (χ1) is 15.3. The molecule has 0 atom stereocenters. The van der Waals surface area contributed by atoms with E-state index in [2.05, 4.69) is 9.97 Å². The number of aromatic nitrogens is 3. The van der Waals surface area contributed by atoms with Crippen LogP contribution in [0.25, 0.3) is 22.3 Å². The summed E-state index contributed by atoms with van der Waals surface area (Å²) in [7, 11) is -4.16. The van der Waals surface area contributed by atoms with E-state index in [0.717, 1.165) is 10.9 Å². The number of fused-ring (bicyclic) bond motifs is 1. The Morgan fingerprint density at radius 3 is 2.69 bits per heavy atom. The molecule has 0 aliphatic rings. The van der Waals surface area contributed by atoms with Crippen LogP contribution in [-0.4, -0.2) is 35.9 Å². The van der Waals surface area contributed by atoms with E-state index in [1.54, 1.807) is 35.9 Å². The van der Waals surface area contributed by atoms with Crippen LogP contribution in [0.5, 0.6) is 0 Å². The zero-order valence-corrected chi connectivity index (χ0v) is 17.4. The number of sulfonamides is 1. The van der Waals surface area contributed by atoms with Crippen molar-refractivity contribution in [2.45, 2.75) is 11.8 Å². The molecular formula is C21H16F2N4O4S. The highest BCUT2D eigenvalue weighted by Crippen LogP contribution is 2.25. The maximum Gasteiger partial charge on any atom is 0.366 e. The highest BCUT2D eigenvalue weighted by atomic mass is 32.2. The molecule has 2 heterocycles. The summed E-state index contributed by atoms with van der Waals surface area (Å²) in [5.74, 6) is -1.05. The van der Waals surface area contributed by atoms with Crippen molar-refractivity contribution in [1.82, 2.24) is 19.4 Å². The second-order valence-corrected chi connectivity index (χ2v) is 8.43. The molecule has 0 fully saturated rings. The van der Waals surface area contributed by atoms with E-state index < -0.39 is 28.6 Å².